The molecule has 1 aromatic heterocycles. The molecule has 2 aliphatic rings. The molecule has 0 amide bonds. The summed E-state index contributed by atoms with van der Waals surface area (Å²) in [6, 6.07) is 31.2. The Hall–Kier alpha value is -5.22. The first-order valence-electron chi connectivity index (χ1n) is 23.1. The molecular weight excluding hydrogens is 1080 g/mol. The number of piperazine rings is 1. The van der Waals surface area contributed by atoms with Gasteiger partial charge in [0, 0.05) is 107 Å². The number of alkyl halides is 3. The second kappa shape index (κ2) is 22.1. The minimum Gasteiger partial charge on any atom is -0.478 e. The van der Waals surface area contributed by atoms with Gasteiger partial charge in [-0.15, -0.1) is 11.8 Å². The average molecular weight is 1130 g/mol. The molecule has 0 bridgehead atoms. The Morgan fingerprint density at radius 1 is 0.833 bits per heavy atom. The standard InChI is InChI=1S/C51H53BrClF3N6O7S3/c1-33-47(50(64)65)48(49(59(33)2)34-8-10-37(53)11-9-34)35-28-36(52)30-41(29-35)62-26-24-61(25-27-62)40-14-12-38(13-15-40)58-72(68,69)44-16-17-45(46(31-44)71(66,67)51(54,55)56)57-39(32-70-43-6-4-3-5-7-43)18-21-60-22-19-42(63)20-23-60/h3-17,28-31,39,42,57-58,63H,18-27,32H2,1-2H3,(H,64,65)/t39-/m1/s1. The molecule has 13 nitrogen and oxygen atoms in total. The fraction of sp³-hybridized carbons (Fsp3) is 0.314. The summed E-state index contributed by atoms with van der Waals surface area (Å²) in [5, 5.41) is 24.0. The SMILES string of the molecule is Cc1c(C(=O)O)c(-c2cc(Br)cc(N3CCN(c4ccc(NS(=O)(=O)c5ccc(N[C@H](CCN6CCC(O)CC6)CSc6ccccc6)c(S(=O)(=O)C(F)(F)F)c5)cc4)CC3)c2)c(-c2ccc(Cl)cc2)n1C. The van der Waals surface area contributed by atoms with Crippen molar-refractivity contribution in [3.8, 4) is 22.4 Å². The molecule has 1 atom stereocenters. The molecule has 72 heavy (non-hydrogen) atoms. The van der Waals surface area contributed by atoms with Crippen LogP contribution in [-0.2, 0) is 26.9 Å². The lowest BCUT2D eigenvalue weighted by Crippen LogP contribution is -2.46. The van der Waals surface area contributed by atoms with Gasteiger partial charge in [-0.3, -0.25) is 4.72 Å². The zero-order chi connectivity index (χ0) is 51.5. The highest BCUT2D eigenvalue weighted by Crippen LogP contribution is 2.42. The maximum absolute atomic E-state index is 14.3. The Bertz CT molecular complexity index is 3130. The van der Waals surface area contributed by atoms with E-state index in [1.807, 2.05) is 72.3 Å². The molecule has 382 valence electrons. The first-order chi connectivity index (χ1) is 34.2. The van der Waals surface area contributed by atoms with Crippen LogP contribution in [0.25, 0.3) is 22.4 Å². The number of carboxylic acid groups (broad SMARTS) is 1. The fourth-order valence-corrected chi connectivity index (χ4v) is 12.8. The summed E-state index contributed by atoms with van der Waals surface area (Å²) in [5.74, 6) is -0.676. The molecule has 8 rings (SSSR count). The number of aromatic carboxylic acids is 1. The molecule has 4 N–H and O–H groups in total. The van der Waals surface area contributed by atoms with Crippen LogP contribution in [0.2, 0.25) is 5.02 Å². The van der Waals surface area contributed by atoms with Crippen molar-refractivity contribution >= 4 is 87.9 Å². The van der Waals surface area contributed by atoms with Gasteiger partial charge in [0.1, 0.15) is 4.90 Å². The van der Waals surface area contributed by atoms with Crippen molar-refractivity contribution in [1.29, 1.82) is 0 Å². The van der Waals surface area contributed by atoms with Crippen molar-refractivity contribution in [2.24, 2.45) is 7.05 Å². The highest BCUT2D eigenvalue weighted by atomic mass is 79.9. The molecule has 0 spiro atoms. The number of aliphatic hydroxyl groups excluding tert-OH is 1. The van der Waals surface area contributed by atoms with Crippen molar-refractivity contribution in [2.45, 2.75) is 58.5 Å². The Morgan fingerprint density at radius 3 is 2.10 bits per heavy atom. The Labute approximate surface area is 435 Å². The highest BCUT2D eigenvalue weighted by molar-refractivity contribution is 9.10. The molecule has 2 saturated heterocycles. The number of piperidine rings is 1. The third kappa shape index (κ3) is 12.1. The van der Waals surface area contributed by atoms with E-state index in [0.29, 0.717) is 93.2 Å². The van der Waals surface area contributed by atoms with Crippen molar-refractivity contribution < 1.29 is 45.0 Å². The third-order valence-corrected chi connectivity index (χ3v) is 17.9. The summed E-state index contributed by atoms with van der Waals surface area (Å²) in [7, 11) is -8.79. The van der Waals surface area contributed by atoms with E-state index < -0.39 is 53.3 Å². The molecule has 0 radical (unpaired) electrons. The molecule has 0 aliphatic carbocycles. The zero-order valence-corrected chi connectivity index (χ0v) is 44.0. The number of hydrogen-bond acceptors (Lipinski definition) is 11. The van der Waals surface area contributed by atoms with Gasteiger partial charge in [-0.25, -0.2) is 21.6 Å². The average Bonchev–Trinajstić information content (AvgIpc) is 3.62. The molecule has 2 fully saturated rings. The summed E-state index contributed by atoms with van der Waals surface area (Å²) in [6.45, 7) is 5.97. The Kier molecular flexibility index (Phi) is 16.3. The molecule has 0 unspecified atom stereocenters. The number of nitrogens with zero attached hydrogens (tertiary/aromatic N) is 4. The Morgan fingerprint density at radius 2 is 1.47 bits per heavy atom. The predicted octanol–water partition coefficient (Wildman–Crippen LogP) is 10.6. The van der Waals surface area contributed by atoms with Gasteiger partial charge < -0.3 is 34.8 Å². The molecule has 2 aliphatic heterocycles. The second-order valence-corrected chi connectivity index (χ2v) is 23.9. The number of aromatic nitrogens is 1. The number of benzene rings is 5. The lowest BCUT2D eigenvalue weighted by atomic mass is 9.96. The monoisotopic (exact) mass is 1130 g/mol. The van der Waals surface area contributed by atoms with Crippen LogP contribution < -0.4 is 19.8 Å². The molecule has 6 aromatic rings. The number of carbonyl (C=O) groups is 1. The number of nitrogens with one attached hydrogen (secondary N) is 2. The van der Waals surface area contributed by atoms with Crippen LogP contribution in [0.5, 0.6) is 0 Å². The minimum atomic E-state index is -6.03. The van der Waals surface area contributed by atoms with Crippen molar-refractivity contribution in [3.05, 3.63) is 136 Å². The maximum atomic E-state index is 14.3. The third-order valence-electron chi connectivity index (χ3n) is 13.1. The fourth-order valence-electron chi connectivity index (χ4n) is 9.12. The number of hydrogen-bond donors (Lipinski definition) is 4. The smallest absolute Gasteiger partial charge is 0.478 e. The van der Waals surface area contributed by atoms with Gasteiger partial charge in [0.15, 0.2) is 0 Å². The van der Waals surface area contributed by atoms with Crippen molar-refractivity contribution in [1.82, 2.24) is 9.47 Å². The van der Waals surface area contributed by atoms with Crippen LogP contribution in [-0.4, -0.2) is 112 Å². The van der Waals surface area contributed by atoms with Crippen LogP contribution in [0.4, 0.5) is 35.9 Å². The number of sulfonamides is 1. The van der Waals surface area contributed by atoms with E-state index in [-0.39, 0.29) is 16.9 Å². The van der Waals surface area contributed by atoms with Crippen LogP contribution in [0, 0.1) is 6.92 Å². The van der Waals surface area contributed by atoms with E-state index >= 15 is 0 Å². The normalized spacial score (nSPS) is 15.7. The number of aliphatic hydroxyl groups is 1. The summed E-state index contributed by atoms with van der Waals surface area (Å²) >= 11 is 11.3. The van der Waals surface area contributed by atoms with Gasteiger partial charge in [-0.2, -0.15) is 13.2 Å². The largest absolute Gasteiger partial charge is 0.501 e. The van der Waals surface area contributed by atoms with E-state index in [1.54, 1.807) is 31.2 Å². The van der Waals surface area contributed by atoms with Gasteiger partial charge in [-0.05, 0) is 122 Å². The summed E-state index contributed by atoms with van der Waals surface area (Å²) in [6.07, 6.45) is 1.23. The molecule has 0 saturated carbocycles. The minimum absolute atomic E-state index is 0.111. The van der Waals surface area contributed by atoms with E-state index in [4.69, 9.17) is 11.6 Å². The number of halogens is 5. The van der Waals surface area contributed by atoms with Crippen LogP contribution >= 0.6 is 39.3 Å². The number of thioether (sulfide) groups is 1. The lowest BCUT2D eigenvalue weighted by molar-refractivity contribution is -0.0436. The first-order valence-corrected chi connectivity index (χ1v) is 28.2. The first kappa shape index (κ1) is 53.1. The van der Waals surface area contributed by atoms with Crippen LogP contribution in [0.15, 0.2) is 134 Å². The van der Waals surface area contributed by atoms with Crippen molar-refractivity contribution in [2.75, 3.05) is 71.4 Å². The van der Waals surface area contributed by atoms with Crippen molar-refractivity contribution in [3.63, 3.8) is 0 Å². The molecule has 3 heterocycles. The summed E-state index contributed by atoms with van der Waals surface area (Å²) in [5.41, 5.74) is -0.637. The van der Waals surface area contributed by atoms with Gasteiger partial charge in [0.25, 0.3) is 19.9 Å². The van der Waals surface area contributed by atoms with Gasteiger partial charge in [-0.1, -0.05) is 57.9 Å². The number of anilines is 4. The number of carboxylic acids is 1. The van der Waals surface area contributed by atoms with E-state index in [2.05, 4.69) is 40.7 Å². The van der Waals surface area contributed by atoms with Gasteiger partial charge in [0.2, 0.25) is 0 Å². The van der Waals surface area contributed by atoms with Crippen LogP contribution in [0.1, 0.15) is 35.3 Å². The zero-order valence-electron chi connectivity index (χ0n) is 39.2. The van der Waals surface area contributed by atoms with Crippen LogP contribution in [0.3, 0.4) is 0 Å². The van der Waals surface area contributed by atoms with Gasteiger partial charge in [0.05, 0.1) is 27.9 Å². The number of sulfone groups is 1. The number of rotatable bonds is 17. The quantitative estimate of drug-likeness (QED) is 0.0640. The van der Waals surface area contributed by atoms with E-state index in [1.165, 1.54) is 23.9 Å². The van der Waals surface area contributed by atoms with E-state index in [9.17, 15) is 45.0 Å². The lowest BCUT2D eigenvalue weighted by Gasteiger charge is -2.37. The maximum Gasteiger partial charge on any atom is 0.501 e. The molecule has 21 heteroatoms. The predicted molar refractivity (Wildman–Crippen MR) is 283 cm³/mol. The summed E-state index contributed by atoms with van der Waals surface area (Å²) in [4.78, 5) is 18.2. The molecular formula is C51H53BrClF3N6O7S3. The Balaban J connectivity index is 0.970. The highest BCUT2D eigenvalue weighted by Gasteiger charge is 2.48. The second-order valence-electron chi connectivity index (χ2n) is 17.8. The molecule has 5 aromatic carbocycles. The number of likely N-dealkylation sites (tertiary alicyclic amines) is 1. The topological polar surface area (TPSA) is 165 Å². The van der Waals surface area contributed by atoms with E-state index in [0.717, 1.165) is 49.7 Å². The van der Waals surface area contributed by atoms with Gasteiger partial charge >= 0.3 is 11.5 Å². The summed E-state index contributed by atoms with van der Waals surface area (Å²) < 4.78 is 102.